The van der Waals surface area contributed by atoms with Gasteiger partial charge in [0.05, 0.1) is 26.3 Å². The standard InChI is InChI=1S/C17H12Cl3NO3/c1-9(6-10-2-4-12(18)14(20)7-10)16(22)21-15-8-11(17(23)24)3-5-13(15)19/h2-8H,1H3,(H,21,22)(H,23,24). The van der Waals surface area contributed by atoms with Gasteiger partial charge in [0.1, 0.15) is 0 Å². The third kappa shape index (κ3) is 4.51. The van der Waals surface area contributed by atoms with E-state index in [4.69, 9.17) is 39.9 Å². The van der Waals surface area contributed by atoms with Crippen molar-refractivity contribution in [3.8, 4) is 0 Å². The molecule has 2 rings (SSSR count). The highest BCUT2D eigenvalue weighted by Crippen LogP contribution is 2.25. The van der Waals surface area contributed by atoms with Gasteiger partial charge in [-0.1, -0.05) is 40.9 Å². The molecular weight excluding hydrogens is 373 g/mol. The maximum absolute atomic E-state index is 12.3. The lowest BCUT2D eigenvalue weighted by atomic mass is 10.1. The largest absolute Gasteiger partial charge is 0.478 e. The molecule has 0 saturated heterocycles. The summed E-state index contributed by atoms with van der Waals surface area (Å²) in [5.74, 6) is -1.52. The fourth-order valence-corrected chi connectivity index (χ4v) is 2.36. The molecule has 0 bridgehead atoms. The minimum atomic E-state index is -1.11. The number of carboxylic acid groups (broad SMARTS) is 1. The SMILES string of the molecule is CC(=Cc1ccc(Cl)c(Cl)c1)C(=O)Nc1cc(C(=O)O)ccc1Cl. The van der Waals surface area contributed by atoms with E-state index in [2.05, 4.69) is 5.32 Å². The van der Waals surface area contributed by atoms with Crippen molar-refractivity contribution in [2.45, 2.75) is 6.92 Å². The van der Waals surface area contributed by atoms with Crippen LogP contribution in [0.4, 0.5) is 5.69 Å². The quantitative estimate of drug-likeness (QED) is 0.695. The maximum atomic E-state index is 12.3. The van der Waals surface area contributed by atoms with Gasteiger partial charge in [0.2, 0.25) is 0 Å². The van der Waals surface area contributed by atoms with Crippen LogP contribution in [0.2, 0.25) is 15.1 Å². The molecule has 2 N–H and O–H groups in total. The van der Waals surface area contributed by atoms with Gasteiger partial charge in [-0.2, -0.15) is 0 Å². The first-order valence-corrected chi connectivity index (χ1v) is 7.89. The van der Waals surface area contributed by atoms with Crippen LogP contribution in [-0.2, 0) is 4.79 Å². The molecule has 4 nitrogen and oxygen atoms in total. The number of hydrogen-bond acceptors (Lipinski definition) is 2. The van der Waals surface area contributed by atoms with Gasteiger partial charge in [-0.15, -0.1) is 0 Å². The Morgan fingerprint density at radius 1 is 1.00 bits per heavy atom. The average Bonchev–Trinajstić information content (AvgIpc) is 2.52. The zero-order valence-electron chi connectivity index (χ0n) is 12.4. The molecule has 0 aliphatic heterocycles. The minimum absolute atomic E-state index is 0.0285. The van der Waals surface area contributed by atoms with Crippen molar-refractivity contribution in [3.63, 3.8) is 0 Å². The number of hydrogen-bond donors (Lipinski definition) is 2. The Hall–Kier alpha value is -2.01. The van der Waals surface area contributed by atoms with E-state index >= 15 is 0 Å². The summed E-state index contributed by atoms with van der Waals surface area (Å²) in [5.41, 5.74) is 1.36. The molecular formula is C17H12Cl3NO3. The van der Waals surface area contributed by atoms with Gasteiger partial charge in [0.15, 0.2) is 0 Å². The topological polar surface area (TPSA) is 66.4 Å². The second-order valence-corrected chi connectivity index (χ2v) is 6.18. The van der Waals surface area contributed by atoms with Crippen LogP contribution < -0.4 is 5.32 Å². The summed E-state index contributed by atoms with van der Waals surface area (Å²) in [6.07, 6.45) is 1.63. The molecule has 0 spiro atoms. The van der Waals surface area contributed by atoms with Crippen molar-refractivity contribution in [2.24, 2.45) is 0 Å². The Morgan fingerprint density at radius 2 is 1.67 bits per heavy atom. The lowest BCUT2D eigenvalue weighted by Gasteiger charge is -2.09. The van der Waals surface area contributed by atoms with Crippen molar-refractivity contribution in [1.82, 2.24) is 0 Å². The van der Waals surface area contributed by atoms with Gasteiger partial charge >= 0.3 is 5.97 Å². The van der Waals surface area contributed by atoms with Crippen LogP contribution in [0.15, 0.2) is 42.0 Å². The molecule has 0 fully saturated rings. The highest BCUT2D eigenvalue weighted by atomic mass is 35.5. The summed E-state index contributed by atoms with van der Waals surface area (Å²) in [6, 6.07) is 9.07. The summed E-state index contributed by atoms with van der Waals surface area (Å²) >= 11 is 17.8. The van der Waals surface area contributed by atoms with E-state index in [1.807, 2.05) is 0 Å². The molecule has 124 valence electrons. The number of amides is 1. The number of nitrogens with one attached hydrogen (secondary N) is 1. The lowest BCUT2D eigenvalue weighted by molar-refractivity contribution is -0.112. The van der Waals surface area contributed by atoms with Gasteiger partial charge in [-0.25, -0.2) is 4.79 Å². The number of carbonyl (C=O) groups is 2. The molecule has 0 saturated carbocycles. The molecule has 1 amide bonds. The third-order valence-corrected chi connectivity index (χ3v) is 4.22. The van der Waals surface area contributed by atoms with Crippen molar-refractivity contribution in [3.05, 3.63) is 68.2 Å². The first-order valence-electron chi connectivity index (χ1n) is 6.75. The molecule has 0 radical (unpaired) electrons. The van der Waals surface area contributed by atoms with Crippen LogP contribution in [0.1, 0.15) is 22.8 Å². The molecule has 0 atom stereocenters. The van der Waals surface area contributed by atoms with E-state index in [9.17, 15) is 9.59 Å². The number of carbonyl (C=O) groups excluding carboxylic acids is 1. The number of halogens is 3. The van der Waals surface area contributed by atoms with Crippen molar-refractivity contribution >= 4 is 58.4 Å². The smallest absolute Gasteiger partial charge is 0.335 e. The number of benzene rings is 2. The molecule has 0 heterocycles. The first kappa shape index (κ1) is 18.3. The summed E-state index contributed by atoms with van der Waals surface area (Å²) in [4.78, 5) is 23.3. The Labute approximate surface area is 153 Å². The zero-order valence-corrected chi connectivity index (χ0v) is 14.7. The Morgan fingerprint density at radius 3 is 2.29 bits per heavy atom. The molecule has 2 aromatic carbocycles. The number of aromatic carboxylic acids is 1. The normalized spacial score (nSPS) is 11.2. The Bertz CT molecular complexity index is 847. The first-order chi connectivity index (χ1) is 11.3. The molecule has 0 aliphatic rings. The number of anilines is 1. The minimum Gasteiger partial charge on any atom is -0.478 e. The van der Waals surface area contributed by atoms with E-state index in [1.165, 1.54) is 18.2 Å². The van der Waals surface area contributed by atoms with Crippen LogP contribution in [0, 0.1) is 0 Å². The van der Waals surface area contributed by atoms with Crippen LogP contribution in [0.5, 0.6) is 0 Å². The third-order valence-electron chi connectivity index (χ3n) is 3.15. The summed E-state index contributed by atoms with van der Waals surface area (Å²) < 4.78 is 0. The van der Waals surface area contributed by atoms with Gasteiger partial charge in [-0.05, 0) is 48.9 Å². The van der Waals surface area contributed by atoms with Crippen molar-refractivity contribution in [1.29, 1.82) is 0 Å². The van der Waals surface area contributed by atoms with Gasteiger partial charge in [0.25, 0.3) is 5.91 Å². The highest BCUT2D eigenvalue weighted by molar-refractivity contribution is 6.42. The van der Waals surface area contributed by atoms with E-state index < -0.39 is 11.9 Å². The molecule has 24 heavy (non-hydrogen) atoms. The van der Waals surface area contributed by atoms with Crippen LogP contribution in [0.25, 0.3) is 6.08 Å². The maximum Gasteiger partial charge on any atom is 0.335 e. The van der Waals surface area contributed by atoms with Gasteiger partial charge in [-0.3, -0.25) is 4.79 Å². The van der Waals surface area contributed by atoms with Crippen LogP contribution in [-0.4, -0.2) is 17.0 Å². The van der Waals surface area contributed by atoms with Crippen molar-refractivity contribution < 1.29 is 14.7 Å². The average molecular weight is 385 g/mol. The molecule has 0 aliphatic carbocycles. The monoisotopic (exact) mass is 383 g/mol. The summed E-state index contributed by atoms with van der Waals surface area (Å²) in [5, 5.41) is 12.6. The van der Waals surface area contributed by atoms with Crippen molar-refractivity contribution in [2.75, 3.05) is 5.32 Å². The molecule has 0 unspecified atom stereocenters. The predicted octanol–water partition coefficient (Wildman–Crippen LogP) is 5.39. The Kier molecular flexibility index (Phi) is 5.89. The zero-order chi connectivity index (χ0) is 17.9. The Balaban J connectivity index is 2.22. The number of rotatable bonds is 4. The molecule has 0 aromatic heterocycles. The van der Waals surface area contributed by atoms with E-state index in [0.717, 1.165) is 0 Å². The number of carboxylic acids is 1. The van der Waals surface area contributed by atoms with E-state index in [0.29, 0.717) is 21.2 Å². The van der Waals surface area contributed by atoms with Crippen LogP contribution >= 0.6 is 34.8 Å². The second-order valence-electron chi connectivity index (χ2n) is 4.95. The highest BCUT2D eigenvalue weighted by Gasteiger charge is 2.11. The fraction of sp³-hybridized carbons (Fsp3) is 0.0588. The summed E-state index contributed by atoms with van der Waals surface area (Å²) in [6.45, 7) is 1.62. The van der Waals surface area contributed by atoms with Gasteiger partial charge < -0.3 is 10.4 Å². The van der Waals surface area contributed by atoms with Crippen LogP contribution in [0.3, 0.4) is 0 Å². The predicted molar refractivity (Wildman–Crippen MR) is 97.2 cm³/mol. The fourth-order valence-electron chi connectivity index (χ4n) is 1.89. The van der Waals surface area contributed by atoms with E-state index in [-0.39, 0.29) is 16.3 Å². The lowest BCUT2D eigenvalue weighted by Crippen LogP contribution is -2.13. The van der Waals surface area contributed by atoms with Gasteiger partial charge in [0, 0.05) is 5.57 Å². The van der Waals surface area contributed by atoms with E-state index in [1.54, 1.807) is 31.2 Å². The summed E-state index contributed by atoms with van der Waals surface area (Å²) in [7, 11) is 0. The molecule has 2 aromatic rings. The second kappa shape index (κ2) is 7.71. The molecule has 7 heteroatoms.